The van der Waals surface area contributed by atoms with E-state index in [-0.39, 0.29) is 0 Å². The third kappa shape index (κ3) is 0.538. The standard InChI is InChI=1S/C5H8Cl/c1-4-2-3-5(4)6/h5H,2-3H2,1H3. The average molecular weight is 104 g/mol. The van der Waals surface area contributed by atoms with Gasteiger partial charge in [-0.3, -0.25) is 0 Å². The van der Waals surface area contributed by atoms with Crippen LogP contribution in [0.2, 0.25) is 0 Å². The zero-order valence-electron chi connectivity index (χ0n) is 3.87. The van der Waals surface area contributed by atoms with Crippen molar-refractivity contribution in [3.05, 3.63) is 5.92 Å². The van der Waals surface area contributed by atoms with Gasteiger partial charge in [0.15, 0.2) is 0 Å². The van der Waals surface area contributed by atoms with E-state index in [1.165, 1.54) is 18.8 Å². The van der Waals surface area contributed by atoms with Crippen molar-refractivity contribution in [2.24, 2.45) is 0 Å². The quantitative estimate of drug-likeness (QED) is 0.412. The second-order valence-corrected chi connectivity index (χ2v) is 2.38. The Morgan fingerprint density at radius 2 is 2.33 bits per heavy atom. The molecule has 35 valence electrons. The molecule has 0 aromatic rings. The number of alkyl halides is 1. The first-order chi connectivity index (χ1) is 2.80. The van der Waals surface area contributed by atoms with Crippen LogP contribution in [-0.4, -0.2) is 5.38 Å². The van der Waals surface area contributed by atoms with Crippen LogP contribution < -0.4 is 0 Å². The molecule has 1 unspecified atom stereocenters. The normalized spacial score (nSPS) is 36.0. The van der Waals surface area contributed by atoms with Crippen LogP contribution in [0, 0.1) is 5.92 Å². The molecular weight excluding hydrogens is 95.5 g/mol. The Hall–Kier alpha value is 0.290. The second kappa shape index (κ2) is 1.42. The summed E-state index contributed by atoms with van der Waals surface area (Å²) in [5.74, 6) is 1.46. The Labute approximate surface area is 43.5 Å². The van der Waals surface area contributed by atoms with Crippen molar-refractivity contribution in [2.45, 2.75) is 25.1 Å². The van der Waals surface area contributed by atoms with Crippen molar-refractivity contribution >= 4 is 11.6 Å². The third-order valence-corrected chi connectivity index (χ3v) is 1.92. The van der Waals surface area contributed by atoms with Gasteiger partial charge in [0.25, 0.3) is 0 Å². The molecule has 0 amide bonds. The second-order valence-electron chi connectivity index (χ2n) is 1.85. The first kappa shape index (κ1) is 4.45. The van der Waals surface area contributed by atoms with Crippen molar-refractivity contribution in [3.63, 3.8) is 0 Å². The van der Waals surface area contributed by atoms with Crippen molar-refractivity contribution in [3.8, 4) is 0 Å². The molecule has 0 aliphatic heterocycles. The van der Waals surface area contributed by atoms with Crippen molar-refractivity contribution < 1.29 is 0 Å². The van der Waals surface area contributed by atoms with E-state index in [1.807, 2.05) is 0 Å². The van der Waals surface area contributed by atoms with Crippen LogP contribution in [0.15, 0.2) is 0 Å². The van der Waals surface area contributed by atoms with Crippen LogP contribution in [0.3, 0.4) is 0 Å². The maximum atomic E-state index is 5.66. The maximum absolute atomic E-state index is 5.66. The molecule has 1 aliphatic rings. The predicted molar refractivity (Wildman–Crippen MR) is 27.8 cm³/mol. The lowest BCUT2D eigenvalue weighted by Gasteiger charge is -2.26. The molecule has 0 heterocycles. The van der Waals surface area contributed by atoms with Gasteiger partial charge in [-0.05, 0) is 18.8 Å². The lowest BCUT2D eigenvalue weighted by Crippen LogP contribution is -2.20. The smallest absolute Gasteiger partial charge is 0.0395 e. The SMILES string of the molecule is C[C]1CCC1Cl. The monoisotopic (exact) mass is 103 g/mol. The summed E-state index contributed by atoms with van der Waals surface area (Å²) in [6.45, 7) is 2.11. The summed E-state index contributed by atoms with van der Waals surface area (Å²) in [6.07, 6.45) is 2.46. The van der Waals surface area contributed by atoms with Crippen LogP contribution >= 0.6 is 11.6 Å². The molecule has 0 bridgehead atoms. The van der Waals surface area contributed by atoms with Gasteiger partial charge < -0.3 is 0 Å². The summed E-state index contributed by atoms with van der Waals surface area (Å²) in [7, 11) is 0. The summed E-state index contributed by atoms with van der Waals surface area (Å²) >= 11 is 5.66. The summed E-state index contributed by atoms with van der Waals surface area (Å²) in [5, 5.41) is 0.421. The highest BCUT2D eigenvalue weighted by Gasteiger charge is 2.23. The number of rotatable bonds is 0. The van der Waals surface area contributed by atoms with Crippen LogP contribution in [0.1, 0.15) is 19.8 Å². The maximum Gasteiger partial charge on any atom is 0.0395 e. The van der Waals surface area contributed by atoms with Gasteiger partial charge in [-0.2, -0.15) is 0 Å². The molecule has 0 N–H and O–H groups in total. The van der Waals surface area contributed by atoms with Gasteiger partial charge in [0.2, 0.25) is 0 Å². The molecule has 0 saturated heterocycles. The molecule has 1 saturated carbocycles. The van der Waals surface area contributed by atoms with Crippen molar-refractivity contribution in [1.82, 2.24) is 0 Å². The molecule has 1 fully saturated rings. The summed E-state index contributed by atoms with van der Waals surface area (Å²) < 4.78 is 0. The highest BCUT2D eigenvalue weighted by molar-refractivity contribution is 6.22. The van der Waals surface area contributed by atoms with E-state index in [9.17, 15) is 0 Å². The van der Waals surface area contributed by atoms with Crippen LogP contribution in [0.25, 0.3) is 0 Å². The van der Waals surface area contributed by atoms with Crippen LogP contribution in [-0.2, 0) is 0 Å². The van der Waals surface area contributed by atoms with Gasteiger partial charge in [-0.25, -0.2) is 0 Å². The molecule has 0 aromatic carbocycles. The van der Waals surface area contributed by atoms with Crippen molar-refractivity contribution in [2.75, 3.05) is 0 Å². The molecule has 1 heteroatoms. The molecule has 0 aromatic heterocycles. The van der Waals surface area contributed by atoms with E-state index in [4.69, 9.17) is 11.6 Å². The summed E-state index contributed by atoms with van der Waals surface area (Å²) in [5.41, 5.74) is 0. The van der Waals surface area contributed by atoms with Gasteiger partial charge >= 0.3 is 0 Å². The van der Waals surface area contributed by atoms with Gasteiger partial charge in [-0.1, -0.05) is 6.92 Å². The fourth-order valence-corrected chi connectivity index (χ4v) is 0.760. The Morgan fingerprint density at radius 1 is 1.83 bits per heavy atom. The molecule has 6 heavy (non-hydrogen) atoms. The Morgan fingerprint density at radius 3 is 2.33 bits per heavy atom. The van der Waals surface area contributed by atoms with Gasteiger partial charge in [0.05, 0.1) is 0 Å². The van der Waals surface area contributed by atoms with Crippen LogP contribution in [0.5, 0.6) is 0 Å². The van der Waals surface area contributed by atoms with E-state index in [2.05, 4.69) is 6.92 Å². The van der Waals surface area contributed by atoms with E-state index >= 15 is 0 Å². The lowest BCUT2D eigenvalue weighted by molar-refractivity contribution is 0.566. The Balaban J connectivity index is 2.20. The number of halogens is 1. The first-order valence-electron chi connectivity index (χ1n) is 2.27. The zero-order valence-corrected chi connectivity index (χ0v) is 4.63. The van der Waals surface area contributed by atoms with E-state index in [0.29, 0.717) is 5.38 Å². The molecule has 1 aliphatic carbocycles. The average Bonchev–Trinajstić information content (AvgIpc) is 1.61. The van der Waals surface area contributed by atoms with Gasteiger partial charge in [-0.15, -0.1) is 11.6 Å². The Kier molecular flexibility index (Phi) is 1.05. The molecule has 0 nitrogen and oxygen atoms in total. The van der Waals surface area contributed by atoms with E-state index in [0.717, 1.165) is 0 Å². The summed E-state index contributed by atoms with van der Waals surface area (Å²) in [4.78, 5) is 0. The minimum atomic E-state index is 0.421. The fourth-order valence-electron chi connectivity index (χ4n) is 0.542. The minimum Gasteiger partial charge on any atom is -0.122 e. The Bertz CT molecular complexity index is 43.9. The molecule has 1 rings (SSSR count). The third-order valence-electron chi connectivity index (χ3n) is 1.33. The molecular formula is C5H8Cl. The largest absolute Gasteiger partial charge is 0.122 e. The zero-order chi connectivity index (χ0) is 4.57. The fraction of sp³-hybridized carbons (Fsp3) is 0.800. The number of hydrogen-bond donors (Lipinski definition) is 0. The predicted octanol–water partition coefficient (Wildman–Crippen LogP) is 1.98. The van der Waals surface area contributed by atoms with Crippen molar-refractivity contribution in [1.29, 1.82) is 0 Å². The topological polar surface area (TPSA) is 0 Å². The van der Waals surface area contributed by atoms with Gasteiger partial charge in [0, 0.05) is 5.38 Å². The summed E-state index contributed by atoms with van der Waals surface area (Å²) in [6, 6.07) is 0. The molecule has 1 atom stereocenters. The van der Waals surface area contributed by atoms with E-state index in [1.54, 1.807) is 0 Å². The highest BCUT2D eigenvalue weighted by Crippen LogP contribution is 2.33. The molecule has 1 radical (unpaired) electrons. The number of hydrogen-bond acceptors (Lipinski definition) is 0. The lowest BCUT2D eigenvalue weighted by atomic mass is 9.87. The van der Waals surface area contributed by atoms with Gasteiger partial charge in [0.1, 0.15) is 0 Å². The van der Waals surface area contributed by atoms with Crippen LogP contribution in [0.4, 0.5) is 0 Å². The first-order valence-corrected chi connectivity index (χ1v) is 2.71. The van der Waals surface area contributed by atoms with E-state index < -0.39 is 0 Å². The highest BCUT2D eigenvalue weighted by atomic mass is 35.5. The molecule has 0 spiro atoms. The minimum absolute atomic E-state index is 0.421.